The lowest BCUT2D eigenvalue weighted by molar-refractivity contribution is -0.137. The summed E-state index contributed by atoms with van der Waals surface area (Å²) in [5.41, 5.74) is 2.15. The van der Waals surface area contributed by atoms with E-state index in [-0.39, 0.29) is 24.7 Å². The van der Waals surface area contributed by atoms with Gasteiger partial charge in [-0.1, -0.05) is 25.0 Å². The first kappa shape index (κ1) is 22.7. The lowest BCUT2D eigenvalue weighted by Gasteiger charge is -2.32. The van der Waals surface area contributed by atoms with E-state index in [2.05, 4.69) is 17.4 Å². The lowest BCUT2D eigenvalue weighted by atomic mass is 9.89. The highest BCUT2D eigenvalue weighted by molar-refractivity contribution is 5.94. The number of rotatable bonds is 7. The summed E-state index contributed by atoms with van der Waals surface area (Å²) in [4.78, 5) is 25.3. The second kappa shape index (κ2) is 11.4. The molecule has 1 aromatic carbocycles. The number of carbonyl (C=O) groups is 2. The third-order valence-electron chi connectivity index (χ3n) is 6.12. The Bertz CT molecular complexity index is 621. The van der Waals surface area contributed by atoms with Crippen LogP contribution in [0.25, 0.3) is 0 Å². The molecular formula is C22H33ClN2O3. The van der Waals surface area contributed by atoms with E-state index >= 15 is 0 Å². The zero-order valence-electron chi connectivity index (χ0n) is 16.6. The Morgan fingerprint density at radius 2 is 1.64 bits per heavy atom. The smallest absolute Gasteiger partial charge is 0.303 e. The number of carbonyl (C=O) groups excluding carboxylic acids is 1. The fourth-order valence-corrected chi connectivity index (χ4v) is 4.37. The largest absolute Gasteiger partial charge is 0.481 e. The summed E-state index contributed by atoms with van der Waals surface area (Å²) in [6.45, 7) is 3.80. The normalized spacial score (nSPS) is 18.5. The number of benzene rings is 1. The molecule has 6 heteroatoms. The van der Waals surface area contributed by atoms with E-state index < -0.39 is 5.97 Å². The lowest BCUT2D eigenvalue weighted by Crippen LogP contribution is -2.38. The first-order valence-electron chi connectivity index (χ1n) is 10.4. The van der Waals surface area contributed by atoms with Gasteiger partial charge in [-0.25, -0.2) is 0 Å². The van der Waals surface area contributed by atoms with Crippen LogP contribution in [-0.2, 0) is 4.79 Å². The van der Waals surface area contributed by atoms with Crippen molar-refractivity contribution >= 4 is 24.3 Å². The van der Waals surface area contributed by atoms with Gasteiger partial charge in [-0.05, 0) is 74.7 Å². The van der Waals surface area contributed by atoms with Gasteiger partial charge in [0.2, 0.25) is 0 Å². The second-order valence-electron chi connectivity index (χ2n) is 8.02. The van der Waals surface area contributed by atoms with Gasteiger partial charge in [0.15, 0.2) is 0 Å². The van der Waals surface area contributed by atoms with E-state index in [0.717, 1.165) is 63.8 Å². The van der Waals surface area contributed by atoms with Crippen LogP contribution in [0.15, 0.2) is 24.3 Å². The fraction of sp³-hybridized carbons (Fsp3) is 0.636. The average molecular weight is 409 g/mol. The van der Waals surface area contributed by atoms with E-state index in [1.54, 1.807) is 0 Å². The third kappa shape index (κ3) is 6.49. The van der Waals surface area contributed by atoms with Gasteiger partial charge in [0.05, 0.1) is 0 Å². The molecule has 1 aromatic rings. The van der Waals surface area contributed by atoms with Gasteiger partial charge < -0.3 is 15.3 Å². The maximum atomic E-state index is 12.8. The van der Waals surface area contributed by atoms with Crippen LogP contribution in [0.3, 0.4) is 0 Å². The van der Waals surface area contributed by atoms with Gasteiger partial charge in [-0.15, -0.1) is 12.4 Å². The summed E-state index contributed by atoms with van der Waals surface area (Å²) in [7, 11) is 0. The molecule has 0 saturated carbocycles. The second-order valence-corrected chi connectivity index (χ2v) is 8.02. The highest BCUT2D eigenvalue weighted by Crippen LogP contribution is 2.27. The van der Waals surface area contributed by atoms with E-state index in [9.17, 15) is 9.59 Å². The number of piperidine rings is 2. The Morgan fingerprint density at radius 1 is 1.00 bits per heavy atom. The molecule has 3 rings (SSSR count). The van der Waals surface area contributed by atoms with Crippen LogP contribution < -0.4 is 5.32 Å². The maximum Gasteiger partial charge on any atom is 0.303 e. The maximum absolute atomic E-state index is 12.8. The third-order valence-corrected chi connectivity index (χ3v) is 6.12. The number of hydrogen-bond acceptors (Lipinski definition) is 3. The quantitative estimate of drug-likeness (QED) is 0.667. The summed E-state index contributed by atoms with van der Waals surface area (Å²) < 4.78 is 0. The Labute approximate surface area is 174 Å². The summed E-state index contributed by atoms with van der Waals surface area (Å²) in [5.74, 6) is 0.690. The van der Waals surface area contributed by atoms with E-state index in [1.807, 2.05) is 17.0 Å². The van der Waals surface area contributed by atoms with Crippen molar-refractivity contribution in [2.75, 3.05) is 26.2 Å². The van der Waals surface area contributed by atoms with Crippen molar-refractivity contribution in [2.24, 2.45) is 5.92 Å². The average Bonchev–Trinajstić information content (AvgIpc) is 2.72. The molecule has 0 atom stereocenters. The Hall–Kier alpha value is -1.59. The molecule has 0 aromatic heterocycles. The van der Waals surface area contributed by atoms with Crippen molar-refractivity contribution in [3.05, 3.63) is 35.4 Å². The van der Waals surface area contributed by atoms with Crippen LogP contribution in [0.4, 0.5) is 0 Å². The van der Waals surface area contributed by atoms with Crippen LogP contribution in [0.2, 0.25) is 0 Å². The van der Waals surface area contributed by atoms with Gasteiger partial charge >= 0.3 is 5.97 Å². The number of aliphatic carboxylic acids is 1. The van der Waals surface area contributed by atoms with Crippen molar-refractivity contribution in [1.29, 1.82) is 0 Å². The molecule has 0 unspecified atom stereocenters. The van der Waals surface area contributed by atoms with Crippen LogP contribution >= 0.6 is 12.4 Å². The van der Waals surface area contributed by atoms with Gasteiger partial charge in [-0.2, -0.15) is 0 Å². The van der Waals surface area contributed by atoms with E-state index in [1.165, 1.54) is 18.4 Å². The van der Waals surface area contributed by atoms with Gasteiger partial charge in [0, 0.05) is 25.1 Å². The molecule has 1 amide bonds. The number of amides is 1. The van der Waals surface area contributed by atoms with Crippen molar-refractivity contribution in [3.63, 3.8) is 0 Å². The molecule has 0 spiro atoms. The molecule has 2 N–H and O–H groups in total. The minimum Gasteiger partial charge on any atom is -0.481 e. The Balaban J connectivity index is 0.00000280. The summed E-state index contributed by atoms with van der Waals surface area (Å²) in [6.07, 6.45) is 7.50. The molecule has 156 valence electrons. The molecule has 2 aliphatic heterocycles. The number of nitrogens with zero attached hydrogens (tertiary/aromatic N) is 1. The van der Waals surface area contributed by atoms with Crippen LogP contribution in [-0.4, -0.2) is 48.1 Å². The SMILES string of the molecule is Cl.O=C(O)CCCCC1CCN(C(=O)c2ccc(C3CCNCC3)cc2)CC1. The van der Waals surface area contributed by atoms with Crippen molar-refractivity contribution in [1.82, 2.24) is 10.2 Å². The minimum absolute atomic E-state index is 0. The van der Waals surface area contributed by atoms with E-state index in [4.69, 9.17) is 5.11 Å². The molecule has 0 radical (unpaired) electrons. The molecule has 2 heterocycles. The monoisotopic (exact) mass is 408 g/mol. The molecule has 0 aliphatic carbocycles. The van der Waals surface area contributed by atoms with E-state index in [0.29, 0.717) is 11.8 Å². The number of nitrogens with one attached hydrogen (secondary N) is 1. The molecule has 0 bridgehead atoms. The number of halogens is 1. The molecular weight excluding hydrogens is 376 g/mol. The predicted octanol–water partition coefficient (Wildman–Crippen LogP) is 4.07. The zero-order chi connectivity index (χ0) is 19.1. The fourth-order valence-electron chi connectivity index (χ4n) is 4.37. The number of hydrogen-bond donors (Lipinski definition) is 2. The Morgan fingerprint density at radius 3 is 2.25 bits per heavy atom. The molecule has 2 aliphatic rings. The van der Waals surface area contributed by atoms with Gasteiger partial charge in [0.1, 0.15) is 0 Å². The topological polar surface area (TPSA) is 69.6 Å². The van der Waals surface area contributed by atoms with Gasteiger partial charge in [-0.3, -0.25) is 9.59 Å². The first-order chi connectivity index (χ1) is 13.1. The number of likely N-dealkylation sites (tertiary alicyclic amines) is 1. The van der Waals surface area contributed by atoms with Crippen LogP contribution in [0.5, 0.6) is 0 Å². The first-order valence-corrected chi connectivity index (χ1v) is 10.4. The summed E-state index contributed by atoms with van der Waals surface area (Å²) in [5, 5.41) is 12.1. The summed E-state index contributed by atoms with van der Waals surface area (Å²) >= 11 is 0. The van der Waals surface area contributed by atoms with Crippen LogP contribution in [0, 0.1) is 5.92 Å². The number of unbranched alkanes of at least 4 members (excludes halogenated alkanes) is 1. The zero-order valence-corrected chi connectivity index (χ0v) is 17.4. The predicted molar refractivity (Wildman–Crippen MR) is 113 cm³/mol. The Kier molecular flexibility index (Phi) is 9.26. The molecule has 2 fully saturated rings. The highest BCUT2D eigenvalue weighted by atomic mass is 35.5. The molecule has 2 saturated heterocycles. The van der Waals surface area contributed by atoms with Crippen molar-refractivity contribution < 1.29 is 14.7 Å². The highest BCUT2D eigenvalue weighted by Gasteiger charge is 2.24. The summed E-state index contributed by atoms with van der Waals surface area (Å²) in [6, 6.07) is 8.27. The minimum atomic E-state index is -0.707. The molecule has 28 heavy (non-hydrogen) atoms. The van der Waals surface area contributed by atoms with Crippen molar-refractivity contribution in [3.8, 4) is 0 Å². The number of carboxylic acids is 1. The standard InChI is InChI=1S/C22H32N2O3.ClH/c25-21(26)4-2-1-3-17-11-15-24(16-12-17)22(27)20-7-5-18(6-8-20)19-9-13-23-14-10-19;/h5-8,17,19,23H,1-4,9-16H2,(H,25,26);1H. The van der Waals surface area contributed by atoms with Crippen molar-refractivity contribution in [2.45, 2.75) is 57.3 Å². The van der Waals surface area contributed by atoms with Gasteiger partial charge in [0.25, 0.3) is 5.91 Å². The van der Waals surface area contributed by atoms with Crippen LogP contribution in [0.1, 0.15) is 73.2 Å². The number of carboxylic acid groups (broad SMARTS) is 1. The molecule has 5 nitrogen and oxygen atoms in total.